The van der Waals surface area contributed by atoms with Gasteiger partial charge >= 0.3 is 0 Å². The van der Waals surface area contributed by atoms with Gasteiger partial charge in [-0.25, -0.2) is 9.37 Å². The number of hydrogen-bond donors (Lipinski definition) is 1. The molecular formula is C17H13FN2O2S. The zero-order valence-electron chi connectivity index (χ0n) is 12.0. The molecule has 0 aliphatic heterocycles. The Balaban J connectivity index is 1.57. The Kier molecular flexibility index (Phi) is 4.63. The highest BCUT2D eigenvalue weighted by atomic mass is 32.1. The lowest BCUT2D eigenvalue weighted by Gasteiger charge is -2.08. The fourth-order valence-corrected chi connectivity index (χ4v) is 2.61. The van der Waals surface area contributed by atoms with Crippen LogP contribution in [0.25, 0.3) is 10.6 Å². The maximum absolute atomic E-state index is 13.4. The molecule has 0 spiro atoms. The summed E-state index contributed by atoms with van der Waals surface area (Å²) >= 11 is 1.55. The molecule has 1 heterocycles. The number of carbonyl (C=O) groups is 1. The van der Waals surface area contributed by atoms with Crippen molar-refractivity contribution in [2.75, 3.05) is 11.9 Å². The van der Waals surface area contributed by atoms with Crippen LogP contribution in [0.1, 0.15) is 0 Å². The average Bonchev–Trinajstić information content (AvgIpc) is 3.09. The summed E-state index contributed by atoms with van der Waals surface area (Å²) in [6.07, 6.45) is 1.75. The van der Waals surface area contributed by atoms with Gasteiger partial charge in [0.1, 0.15) is 5.01 Å². The van der Waals surface area contributed by atoms with E-state index in [0.29, 0.717) is 5.69 Å². The zero-order valence-corrected chi connectivity index (χ0v) is 12.8. The Morgan fingerprint density at radius 3 is 2.65 bits per heavy atom. The van der Waals surface area contributed by atoms with Crippen LogP contribution in [0.3, 0.4) is 0 Å². The number of rotatable bonds is 5. The summed E-state index contributed by atoms with van der Waals surface area (Å²) in [5.41, 5.74) is 1.63. The maximum atomic E-state index is 13.4. The topological polar surface area (TPSA) is 51.2 Å². The molecule has 3 rings (SSSR count). The lowest BCUT2D eigenvalue weighted by Crippen LogP contribution is -2.20. The highest BCUT2D eigenvalue weighted by Crippen LogP contribution is 2.23. The third kappa shape index (κ3) is 3.92. The van der Waals surface area contributed by atoms with Crippen LogP contribution in [0.15, 0.2) is 60.1 Å². The van der Waals surface area contributed by atoms with Crippen molar-refractivity contribution in [3.63, 3.8) is 0 Å². The summed E-state index contributed by atoms with van der Waals surface area (Å²) < 4.78 is 18.5. The molecule has 0 atom stereocenters. The molecule has 0 unspecified atom stereocenters. The molecule has 0 aliphatic carbocycles. The van der Waals surface area contributed by atoms with Crippen LogP contribution in [-0.2, 0) is 4.79 Å². The molecular weight excluding hydrogens is 315 g/mol. The Labute approximate surface area is 136 Å². The standard InChI is InChI=1S/C17H13FN2O2S/c18-14-3-1-2-4-15(14)22-11-16(21)20-13-7-5-12(6-8-13)17-19-9-10-23-17/h1-10H,11H2,(H,20,21). The third-order valence-corrected chi connectivity index (χ3v) is 3.87. The van der Waals surface area contributed by atoms with Gasteiger partial charge in [-0.15, -0.1) is 11.3 Å². The minimum atomic E-state index is -0.492. The molecule has 1 amide bonds. The number of para-hydroxylation sites is 1. The van der Waals surface area contributed by atoms with Crippen LogP contribution in [0.5, 0.6) is 5.75 Å². The van der Waals surface area contributed by atoms with Gasteiger partial charge < -0.3 is 10.1 Å². The molecule has 6 heteroatoms. The monoisotopic (exact) mass is 328 g/mol. The normalized spacial score (nSPS) is 10.3. The Hall–Kier alpha value is -2.73. The average molecular weight is 328 g/mol. The molecule has 0 aliphatic rings. The highest BCUT2D eigenvalue weighted by Gasteiger charge is 2.07. The first kappa shape index (κ1) is 15.2. The fourth-order valence-electron chi connectivity index (χ4n) is 1.96. The number of ether oxygens (including phenoxy) is 1. The number of thiazole rings is 1. The molecule has 1 N–H and O–H groups in total. The Bertz CT molecular complexity index is 789. The highest BCUT2D eigenvalue weighted by molar-refractivity contribution is 7.13. The van der Waals surface area contributed by atoms with E-state index >= 15 is 0 Å². The number of carbonyl (C=O) groups excluding carboxylic acids is 1. The largest absolute Gasteiger partial charge is 0.481 e. The van der Waals surface area contributed by atoms with Crippen molar-refractivity contribution in [3.05, 3.63) is 65.9 Å². The van der Waals surface area contributed by atoms with E-state index in [0.717, 1.165) is 10.6 Å². The summed E-state index contributed by atoms with van der Waals surface area (Å²) in [7, 11) is 0. The second-order valence-electron chi connectivity index (χ2n) is 4.68. The van der Waals surface area contributed by atoms with Crippen LogP contribution in [-0.4, -0.2) is 17.5 Å². The molecule has 0 fully saturated rings. The van der Waals surface area contributed by atoms with Crippen molar-refractivity contribution in [3.8, 4) is 16.3 Å². The number of amides is 1. The molecule has 2 aromatic carbocycles. The van der Waals surface area contributed by atoms with E-state index < -0.39 is 5.82 Å². The van der Waals surface area contributed by atoms with Crippen molar-refractivity contribution in [2.24, 2.45) is 0 Å². The first-order valence-electron chi connectivity index (χ1n) is 6.89. The van der Waals surface area contributed by atoms with E-state index in [-0.39, 0.29) is 18.3 Å². The Morgan fingerprint density at radius 1 is 1.17 bits per heavy atom. The van der Waals surface area contributed by atoms with E-state index in [4.69, 9.17) is 4.74 Å². The lowest BCUT2D eigenvalue weighted by molar-refractivity contribution is -0.118. The summed E-state index contributed by atoms with van der Waals surface area (Å²) in [5.74, 6) is -0.787. The van der Waals surface area contributed by atoms with E-state index in [1.54, 1.807) is 41.8 Å². The molecule has 23 heavy (non-hydrogen) atoms. The lowest BCUT2D eigenvalue weighted by atomic mass is 10.2. The quantitative estimate of drug-likeness (QED) is 0.771. The van der Waals surface area contributed by atoms with E-state index in [1.807, 2.05) is 17.5 Å². The van der Waals surface area contributed by atoms with Crippen LogP contribution < -0.4 is 10.1 Å². The van der Waals surface area contributed by atoms with E-state index in [2.05, 4.69) is 10.3 Å². The van der Waals surface area contributed by atoms with Crippen LogP contribution in [0, 0.1) is 5.82 Å². The maximum Gasteiger partial charge on any atom is 0.262 e. The number of hydrogen-bond acceptors (Lipinski definition) is 4. The number of nitrogens with one attached hydrogen (secondary N) is 1. The van der Waals surface area contributed by atoms with Crippen LogP contribution >= 0.6 is 11.3 Å². The molecule has 4 nitrogen and oxygen atoms in total. The number of nitrogens with zero attached hydrogens (tertiary/aromatic N) is 1. The summed E-state index contributed by atoms with van der Waals surface area (Å²) in [5, 5.41) is 5.53. The van der Waals surface area contributed by atoms with Gasteiger partial charge in [0.25, 0.3) is 5.91 Å². The van der Waals surface area contributed by atoms with Crippen molar-refractivity contribution < 1.29 is 13.9 Å². The molecule has 0 saturated heterocycles. The SMILES string of the molecule is O=C(COc1ccccc1F)Nc1ccc(-c2nccs2)cc1. The van der Waals surface area contributed by atoms with Gasteiger partial charge in [0.05, 0.1) is 0 Å². The van der Waals surface area contributed by atoms with Crippen molar-refractivity contribution in [1.82, 2.24) is 4.98 Å². The fraction of sp³-hybridized carbons (Fsp3) is 0.0588. The zero-order chi connectivity index (χ0) is 16.1. The van der Waals surface area contributed by atoms with Gasteiger partial charge in [-0.05, 0) is 36.4 Å². The summed E-state index contributed by atoms with van der Waals surface area (Å²) in [6, 6.07) is 13.3. The van der Waals surface area contributed by atoms with Gasteiger partial charge in [0, 0.05) is 22.8 Å². The van der Waals surface area contributed by atoms with Gasteiger partial charge in [-0.1, -0.05) is 12.1 Å². The Morgan fingerprint density at radius 2 is 1.96 bits per heavy atom. The van der Waals surface area contributed by atoms with Crippen molar-refractivity contribution in [2.45, 2.75) is 0 Å². The third-order valence-electron chi connectivity index (χ3n) is 3.04. The number of benzene rings is 2. The smallest absolute Gasteiger partial charge is 0.262 e. The van der Waals surface area contributed by atoms with Gasteiger partial charge in [0.2, 0.25) is 0 Å². The molecule has 0 radical (unpaired) electrons. The molecule has 1 aromatic heterocycles. The van der Waals surface area contributed by atoms with E-state index in [1.165, 1.54) is 12.1 Å². The molecule has 3 aromatic rings. The van der Waals surface area contributed by atoms with Crippen molar-refractivity contribution in [1.29, 1.82) is 0 Å². The number of aromatic nitrogens is 1. The first-order valence-corrected chi connectivity index (χ1v) is 7.77. The number of anilines is 1. The minimum Gasteiger partial charge on any atom is -0.481 e. The molecule has 0 saturated carbocycles. The van der Waals surface area contributed by atoms with Gasteiger partial charge in [0.15, 0.2) is 18.2 Å². The van der Waals surface area contributed by atoms with Gasteiger partial charge in [-0.3, -0.25) is 4.79 Å². The minimum absolute atomic E-state index is 0.0572. The predicted molar refractivity (Wildman–Crippen MR) is 88.1 cm³/mol. The predicted octanol–water partition coefficient (Wildman–Crippen LogP) is 3.97. The summed E-state index contributed by atoms with van der Waals surface area (Å²) in [6.45, 7) is -0.255. The second kappa shape index (κ2) is 7.02. The van der Waals surface area contributed by atoms with Crippen LogP contribution in [0.4, 0.5) is 10.1 Å². The first-order chi connectivity index (χ1) is 11.2. The molecule has 0 bridgehead atoms. The van der Waals surface area contributed by atoms with Crippen molar-refractivity contribution >= 4 is 22.9 Å². The van der Waals surface area contributed by atoms with Gasteiger partial charge in [-0.2, -0.15) is 0 Å². The van der Waals surface area contributed by atoms with Crippen LogP contribution in [0.2, 0.25) is 0 Å². The molecule has 116 valence electrons. The summed E-state index contributed by atoms with van der Waals surface area (Å²) in [4.78, 5) is 16.1. The number of halogens is 1. The van der Waals surface area contributed by atoms with E-state index in [9.17, 15) is 9.18 Å². The second-order valence-corrected chi connectivity index (χ2v) is 5.58.